The number of benzene rings is 1. The molecular weight excluding hydrogens is 432 g/mol. The molecule has 1 atom stereocenters. The van der Waals surface area contributed by atoms with Gasteiger partial charge in [0.15, 0.2) is 5.78 Å². The third-order valence-corrected chi connectivity index (χ3v) is 5.81. The Morgan fingerprint density at radius 2 is 1.87 bits per heavy atom. The van der Waals surface area contributed by atoms with Crippen LogP contribution in [0.5, 0.6) is 5.75 Å². The summed E-state index contributed by atoms with van der Waals surface area (Å²) < 4.78 is 28.9. The van der Waals surface area contributed by atoms with Crippen LogP contribution in [0.2, 0.25) is 0 Å². The van der Waals surface area contributed by atoms with Gasteiger partial charge in [0.05, 0.1) is 18.0 Å². The lowest BCUT2D eigenvalue weighted by Crippen LogP contribution is -2.41. The number of amides is 4. The molecule has 0 saturated carbocycles. The van der Waals surface area contributed by atoms with E-state index in [-0.39, 0.29) is 18.2 Å². The summed E-state index contributed by atoms with van der Waals surface area (Å²) in [7, 11) is 0. The van der Waals surface area contributed by atoms with E-state index in [9.17, 15) is 28.0 Å². The van der Waals surface area contributed by atoms with Crippen LogP contribution in [0.15, 0.2) is 36.4 Å². The third-order valence-electron chi connectivity index (χ3n) is 4.68. The first kappa shape index (κ1) is 22.3. The van der Waals surface area contributed by atoms with Gasteiger partial charge in [0.1, 0.15) is 11.3 Å². The molecule has 1 aromatic heterocycles. The first-order valence-corrected chi connectivity index (χ1v) is 9.97. The number of urea groups is 1. The Labute approximate surface area is 180 Å². The van der Waals surface area contributed by atoms with Crippen molar-refractivity contribution in [2.45, 2.75) is 32.5 Å². The first-order valence-electron chi connectivity index (χ1n) is 9.16. The van der Waals surface area contributed by atoms with Crippen molar-refractivity contribution >= 4 is 35.0 Å². The number of thiophene rings is 1. The molecule has 1 saturated heterocycles. The quantitative estimate of drug-likeness (QED) is 0.474. The number of halogens is 2. The number of ketones is 1. The van der Waals surface area contributed by atoms with Gasteiger partial charge in [-0.2, -0.15) is 8.78 Å². The second kappa shape index (κ2) is 8.80. The highest BCUT2D eigenvalue weighted by Crippen LogP contribution is 2.30. The SMILES string of the molecule is CC(=O)NCc1ccc(C(=O)CN2C(=O)NC(C)(c3ccc(OC(F)F)cc3)C2=O)s1. The van der Waals surface area contributed by atoms with Crippen molar-refractivity contribution < 1.29 is 32.7 Å². The van der Waals surface area contributed by atoms with Crippen molar-refractivity contribution in [1.29, 1.82) is 0 Å². The van der Waals surface area contributed by atoms with E-state index >= 15 is 0 Å². The fourth-order valence-corrected chi connectivity index (χ4v) is 3.94. The minimum atomic E-state index is -2.98. The number of alkyl halides is 2. The van der Waals surface area contributed by atoms with Gasteiger partial charge in [0.2, 0.25) is 5.91 Å². The molecule has 11 heteroatoms. The van der Waals surface area contributed by atoms with Crippen LogP contribution in [-0.2, 0) is 21.7 Å². The summed E-state index contributed by atoms with van der Waals surface area (Å²) in [6.07, 6.45) is 0. The summed E-state index contributed by atoms with van der Waals surface area (Å²) in [4.78, 5) is 50.9. The van der Waals surface area contributed by atoms with Crippen molar-refractivity contribution in [1.82, 2.24) is 15.5 Å². The predicted octanol–water partition coefficient (Wildman–Crippen LogP) is 2.64. The Hall–Kier alpha value is -3.34. The maximum absolute atomic E-state index is 12.9. The Kier molecular flexibility index (Phi) is 6.34. The van der Waals surface area contributed by atoms with Gasteiger partial charge in [-0.3, -0.25) is 19.3 Å². The second-order valence-corrected chi connectivity index (χ2v) is 8.12. The molecule has 0 aliphatic carbocycles. The average molecular weight is 451 g/mol. The molecule has 3 rings (SSSR count). The number of hydrogen-bond donors (Lipinski definition) is 2. The van der Waals surface area contributed by atoms with Gasteiger partial charge < -0.3 is 15.4 Å². The van der Waals surface area contributed by atoms with Crippen LogP contribution in [0, 0.1) is 0 Å². The monoisotopic (exact) mass is 451 g/mol. The molecule has 1 aromatic carbocycles. The lowest BCUT2D eigenvalue weighted by molar-refractivity contribution is -0.130. The molecule has 1 aliphatic heterocycles. The van der Waals surface area contributed by atoms with E-state index in [1.807, 2.05) is 0 Å². The number of ether oxygens (including phenoxy) is 1. The van der Waals surface area contributed by atoms with Gasteiger partial charge in [-0.25, -0.2) is 4.79 Å². The van der Waals surface area contributed by atoms with E-state index in [2.05, 4.69) is 15.4 Å². The molecule has 0 bridgehead atoms. The van der Waals surface area contributed by atoms with Crippen molar-refractivity contribution in [3.63, 3.8) is 0 Å². The van der Waals surface area contributed by atoms with Gasteiger partial charge in [-0.1, -0.05) is 12.1 Å². The second-order valence-electron chi connectivity index (χ2n) is 6.95. The van der Waals surface area contributed by atoms with Crippen LogP contribution < -0.4 is 15.4 Å². The Morgan fingerprint density at radius 1 is 1.19 bits per heavy atom. The van der Waals surface area contributed by atoms with E-state index in [1.54, 1.807) is 12.1 Å². The topological polar surface area (TPSA) is 105 Å². The lowest BCUT2D eigenvalue weighted by Gasteiger charge is -2.22. The van der Waals surface area contributed by atoms with E-state index in [0.717, 1.165) is 21.1 Å². The summed E-state index contributed by atoms with van der Waals surface area (Å²) in [5.41, 5.74) is -1.09. The maximum atomic E-state index is 12.9. The molecule has 164 valence electrons. The Morgan fingerprint density at radius 3 is 2.48 bits per heavy atom. The number of rotatable bonds is 8. The third kappa shape index (κ3) is 4.88. The smallest absolute Gasteiger partial charge is 0.387 e. The molecule has 0 radical (unpaired) electrons. The number of nitrogens with one attached hydrogen (secondary N) is 2. The number of Topliss-reactive ketones (excluding diaryl/α,β-unsaturated/α-hetero) is 1. The number of carbonyl (C=O) groups is 4. The average Bonchev–Trinajstić information content (AvgIpc) is 3.26. The summed E-state index contributed by atoms with van der Waals surface area (Å²) in [5, 5.41) is 5.18. The zero-order valence-corrected chi connectivity index (χ0v) is 17.4. The molecule has 2 N–H and O–H groups in total. The van der Waals surface area contributed by atoms with Crippen molar-refractivity contribution in [3.8, 4) is 5.75 Å². The standard InChI is InChI=1S/C20H19F2N3O5S/c1-11(26)23-9-14-7-8-16(31-14)15(27)10-25-17(28)20(2,24-19(25)29)12-3-5-13(6-4-12)30-18(21)22/h3-8,18H,9-10H2,1-2H3,(H,23,26)(H,24,29). The largest absolute Gasteiger partial charge is 0.435 e. The predicted molar refractivity (Wildman–Crippen MR) is 107 cm³/mol. The van der Waals surface area contributed by atoms with E-state index in [1.165, 1.54) is 38.1 Å². The minimum Gasteiger partial charge on any atom is -0.435 e. The van der Waals surface area contributed by atoms with Gasteiger partial charge in [-0.15, -0.1) is 11.3 Å². The molecule has 2 heterocycles. The Bertz CT molecular complexity index is 1020. The van der Waals surface area contributed by atoms with Gasteiger partial charge >= 0.3 is 12.6 Å². The highest BCUT2D eigenvalue weighted by Gasteiger charge is 2.49. The van der Waals surface area contributed by atoms with Crippen LogP contribution >= 0.6 is 11.3 Å². The molecular formula is C20H19F2N3O5S. The van der Waals surface area contributed by atoms with E-state index < -0.39 is 36.4 Å². The maximum Gasteiger partial charge on any atom is 0.387 e. The fraction of sp³-hybridized carbons (Fsp3) is 0.300. The summed E-state index contributed by atoms with van der Waals surface area (Å²) in [5.74, 6) is -1.34. The summed E-state index contributed by atoms with van der Waals surface area (Å²) in [6, 6.07) is 7.86. The molecule has 8 nitrogen and oxygen atoms in total. The highest BCUT2D eigenvalue weighted by atomic mass is 32.1. The zero-order valence-electron chi connectivity index (χ0n) is 16.6. The normalized spacial score (nSPS) is 18.3. The van der Waals surface area contributed by atoms with Gasteiger partial charge in [0.25, 0.3) is 5.91 Å². The molecule has 31 heavy (non-hydrogen) atoms. The van der Waals surface area contributed by atoms with Crippen LogP contribution in [0.25, 0.3) is 0 Å². The molecule has 1 aliphatic rings. The summed E-state index contributed by atoms with van der Waals surface area (Å²) >= 11 is 1.16. The lowest BCUT2D eigenvalue weighted by atomic mass is 9.92. The fourth-order valence-electron chi connectivity index (χ4n) is 3.06. The van der Waals surface area contributed by atoms with Crippen LogP contribution in [0.3, 0.4) is 0 Å². The molecule has 2 aromatic rings. The number of hydrogen-bond acceptors (Lipinski definition) is 6. The Balaban J connectivity index is 1.71. The minimum absolute atomic E-state index is 0.0843. The number of imide groups is 1. The zero-order chi connectivity index (χ0) is 22.8. The van der Waals surface area contributed by atoms with Crippen LogP contribution in [-0.4, -0.2) is 41.7 Å². The van der Waals surface area contributed by atoms with E-state index in [4.69, 9.17) is 0 Å². The first-order chi connectivity index (χ1) is 14.6. The van der Waals surface area contributed by atoms with Crippen molar-refractivity contribution in [2.75, 3.05) is 6.54 Å². The molecule has 1 fully saturated rings. The van der Waals surface area contributed by atoms with E-state index in [0.29, 0.717) is 10.4 Å². The van der Waals surface area contributed by atoms with Crippen LogP contribution in [0.1, 0.15) is 34.0 Å². The molecule has 0 spiro atoms. The van der Waals surface area contributed by atoms with Gasteiger partial charge in [0, 0.05) is 11.8 Å². The summed E-state index contributed by atoms with van der Waals surface area (Å²) in [6.45, 7) is -0.302. The molecule has 4 amide bonds. The van der Waals surface area contributed by atoms with Crippen molar-refractivity contribution in [3.05, 3.63) is 51.7 Å². The van der Waals surface area contributed by atoms with Crippen LogP contribution in [0.4, 0.5) is 13.6 Å². The number of nitrogens with zero attached hydrogens (tertiary/aromatic N) is 1. The molecule has 1 unspecified atom stereocenters. The van der Waals surface area contributed by atoms with Crippen molar-refractivity contribution in [2.24, 2.45) is 0 Å². The van der Waals surface area contributed by atoms with Gasteiger partial charge in [-0.05, 0) is 36.8 Å². The number of carbonyl (C=O) groups excluding carboxylic acids is 4. The highest BCUT2D eigenvalue weighted by molar-refractivity contribution is 7.14.